The second-order valence-corrected chi connectivity index (χ2v) is 3.51. The highest BCUT2D eigenvalue weighted by Gasteiger charge is 1.96. The van der Waals surface area contributed by atoms with Gasteiger partial charge >= 0.3 is 0 Å². The minimum Gasteiger partial charge on any atom is -0.493 e. The SMILES string of the molecule is COCCc1ccc(OCCC(=N)N)cc1. The molecular formula is C12H18N2O2. The number of hydrogen-bond donors (Lipinski definition) is 2. The molecule has 1 rings (SSSR count). The van der Waals surface area contributed by atoms with E-state index in [1.807, 2.05) is 24.3 Å². The van der Waals surface area contributed by atoms with E-state index in [1.54, 1.807) is 7.11 Å². The van der Waals surface area contributed by atoms with Gasteiger partial charge < -0.3 is 15.2 Å². The number of nitrogens with one attached hydrogen (secondary N) is 1. The number of benzene rings is 1. The van der Waals surface area contributed by atoms with Crippen molar-refractivity contribution in [3.05, 3.63) is 29.8 Å². The molecule has 16 heavy (non-hydrogen) atoms. The number of hydrogen-bond acceptors (Lipinski definition) is 3. The summed E-state index contributed by atoms with van der Waals surface area (Å²) >= 11 is 0. The van der Waals surface area contributed by atoms with Crippen LogP contribution in [0.15, 0.2) is 24.3 Å². The lowest BCUT2D eigenvalue weighted by Crippen LogP contribution is -2.13. The van der Waals surface area contributed by atoms with Crippen LogP contribution in [0.25, 0.3) is 0 Å². The third-order valence-electron chi connectivity index (χ3n) is 2.16. The summed E-state index contributed by atoms with van der Waals surface area (Å²) in [5.41, 5.74) is 6.45. The molecule has 4 heteroatoms. The van der Waals surface area contributed by atoms with Crippen LogP contribution in [0.2, 0.25) is 0 Å². The van der Waals surface area contributed by atoms with Crippen molar-refractivity contribution < 1.29 is 9.47 Å². The average Bonchev–Trinajstić information content (AvgIpc) is 2.27. The van der Waals surface area contributed by atoms with Gasteiger partial charge in [-0.25, -0.2) is 0 Å². The molecule has 0 aliphatic carbocycles. The van der Waals surface area contributed by atoms with Crippen LogP contribution in [-0.4, -0.2) is 26.2 Å². The highest BCUT2D eigenvalue weighted by atomic mass is 16.5. The summed E-state index contributed by atoms with van der Waals surface area (Å²) in [5, 5.41) is 7.05. The zero-order valence-electron chi connectivity index (χ0n) is 9.53. The Hall–Kier alpha value is -1.55. The van der Waals surface area contributed by atoms with Gasteiger partial charge in [0, 0.05) is 13.5 Å². The lowest BCUT2D eigenvalue weighted by molar-refractivity contribution is 0.202. The summed E-state index contributed by atoms with van der Waals surface area (Å²) in [6.07, 6.45) is 1.37. The monoisotopic (exact) mass is 222 g/mol. The smallest absolute Gasteiger partial charge is 0.119 e. The van der Waals surface area contributed by atoms with Gasteiger partial charge in [-0.05, 0) is 24.1 Å². The van der Waals surface area contributed by atoms with Gasteiger partial charge in [-0.2, -0.15) is 0 Å². The maximum atomic E-state index is 7.05. The molecule has 0 spiro atoms. The maximum absolute atomic E-state index is 7.05. The van der Waals surface area contributed by atoms with Gasteiger partial charge in [0.15, 0.2) is 0 Å². The summed E-state index contributed by atoms with van der Waals surface area (Å²) < 4.78 is 10.4. The third-order valence-corrected chi connectivity index (χ3v) is 2.16. The van der Waals surface area contributed by atoms with Gasteiger partial charge in [0.05, 0.1) is 19.0 Å². The van der Waals surface area contributed by atoms with Crippen molar-refractivity contribution in [1.29, 1.82) is 5.41 Å². The molecule has 0 unspecified atom stereocenters. The van der Waals surface area contributed by atoms with Crippen LogP contribution in [0.5, 0.6) is 5.75 Å². The molecule has 0 fully saturated rings. The van der Waals surface area contributed by atoms with Crippen LogP contribution in [0.3, 0.4) is 0 Å². The molecule has 0 aliphatic rings. The Kier molecular flexibility index (Phi) is 5.36. The summed E-state index contributed by atoms with van der Waals surface area (Å²) in [4.78, 5) is 0. The minimum atomic E-state index is 0.150. The summed E-state index contributed by atoms with van der Waals surface area (Å²) in [6.45, 7) is 1.18. The Morgan fingerprint density at radius 2 is 1.94 bits per heavy atom. The Morgan fingerprint density at radius 3 is 2.50 bits per heavy atom. The Labute approximate surface area is 95.9 Å². The molecule has 1 aromatic carbocycles. The van der Waals surface area contributed by atoms with E-state index in [0.717, 1.165) is 18.8 Å². The van der Waals surface area contributed by atoms with E-state index in [0.29, 0.717) is 13.0 Å². The highest BCUT2D eigenvalue weighted by molar-refractivity contribution is 5.76. The fourth-order valence-corrected chi connectivity index (χ4v) is 1.25. The van der Waals surface area contributed by atoms with Crippen molar-refractivity contribution in [3.63, 3.8) is 0 Å². The Bertz CT molecular complexity index is 322. The van der Waals surface area contributed by atoms with Gasteiger partial charge in [-0.3, -0.25) is 5.41 Å². The van der Waals surface area contributed by atoms with E-state index < -0.39 is 0 Å². The van der Waals surface area contributed by atoms with Crippen molar-refractivity contribution in [1.82, 2.24) is 0 Å². The quantitative estimate of drug-likeness (QED) is 0.543. The standard InChI is InChI=1S/C12H18N2O2/c1-15-8-6-10-2-4-11(5-3-10)16-9-7-12(13)14/h2-5H,6-9H2,1H3,(H3,13,14). The number of amidine groups is 1. The molecule has 0 atom stereocenters. The summed E-state index contributed by atoms with van der Waals surface area (Å²) in [5.74, 6) is 0.958. The van der Waals surface area contributed by atoms with E-state index in [9.17, 15) is 0 Å². The van der Waals surface area contributed by atoms with E-state index in [4.69, 9.17) is 20.6 Å². The predicted octanol–water partition coefficient (Wildman–Crippen LogP) is 1.58. The molecule has 1 aromatic rings. The van der Waals surface area contributed by atoms with Gasteiger partial charge in [0.2, 0.25) is 0 Å². The van der Waals surface area contributed by atoms with Crippen LogP contribution in [0, 0.1) is 5.41 Å². The molecular weight excluding hydrogens is 204 g/mol. The molecule has 0 aromatic heterocycles. The first-order valence-corrected chi connectivity index (χ1v) is 5.26. The number of rotatable bonds is 7. The highest BCUT2D eigenvalue weighted by Crippen LogP contribution is 2.12. The number of nitrogens with two attached hydrogens (primary N) is 1. The van der Waals surface area contributed by atoms with Crippen LogP contribution in [-0.2, 0) is 11.2 Å². The summed E-state index contributed by atoms with van der Waals surface area (Å²) in [7, 11) is 1.69. The van der Waals surface area contributed by atoms with Gasteiger partial charge in [0.25, 0.3) is 0 Å². The van der Waals surface area contributed by atoms with Crippen LogP contribution in [0.1, 0.15) is 12.0 Å². The Morgan fingerprint density at radius 1 is 1.25 bits per heavy atom. The van der Waals surface area contributed by atoms with E-state index in [1.165, 1.54) is 5.56 Å². The molecule has 0 saturated heterocycles. The number of methoxy groups -OCH3 is 1. The van der Waals surface area contributed by atoms with E-state index in [-0.39, 0.29) is 5.84 Å². The third kappa shape index (κ3) is 4.79. The lowest BCUT2D eigenvalue weighted by Gasteiger charge is -2.06. The van der Waals surface area contributed by atoms with Crippen molar-refractivity contribution in [3.8, 4) is 5.75 Å². The molecule has 0 saturated carbocycles. The first kappa shape index (κ1) is 12.5. The molecule has 0 radical (unpaired) electrons. The minimum absolute atomic E-state index is 0.150. The van der Waals surface area contributed by atoms with Crippen LogP contribution >= 0.6 is 0 Å². The molecule has 3 N–H and O–H groups in total. The van der Waals surface area contributed by atoms with Crippen LogP contribution in [0.4, 0.5) is 0 Å². The fourth-order valence-electron chi connectivity index (χ4n) is 1.25. The largest absolute Gasteiger partial charge is 0.493 e. The fraction of sp³-hybridized carbons (Fsp3) is 0.417. The van der Waals surface area contributed by atoms with E-state index in [2.05, 4.69) is 0 Å². The van der Waals surface area contributed by atoms with Crippen molar-refractivity contribution in [2.75, 3.05) is 20.3 Å². The molecule has 0 bridgehead atoms. The number of ether oxygens (including phenoxy) is 2. The topological polar surface area (TPSA) is 68.3 Å². The molecule has 4 nitrogen and oxygen atoms in total. The van der Waals surface area contributed by atoms with Gasteiger partial charge in [0.1, 0.15) is 5.75 Å². The Balaban J connectivity index is 2.36. The predicted molar refractivity (Wildman–Crippen MR) is 64.0 cm³/mol. The molecule has 0 heterocycles. The van der Waals surface area contributed by atoms with E-state index >= 15 is 0 Å². The van der Waals surface area contributed by atoms with Crippen molar-refractivity contribution in [2.24, 2.45) is 5.73 Å². The molecule has 0 aliphatic heterocycles. The maximum Gasteiger partial charge on any atom is 0.119 e. The van der Waals surface area contributed by atoms with Gasteiger partial charge in [-0.15, -0.1) is 0 Å². The zero-order valence-corrected chi connectivity index (χ0v) is 9.53. The van der Waals surface area contributed by atoms with Gasteiger partial charge in [-0.1, -0.05) is 12.1 Å². The first-order valence-electron chi connectivity index (χ1n) is 5.26. The lowest BCUT2D eigenvalue weighted by atomic mass is 10.1. The average molecular weight is 222 g/mol. The first-order chi connectivity index (χ1) is 7.72. The second kappa shape index (κ2) is 6.85. The second-order valence-electron chi connectivity index (χ2n) is 3.51. The van der Waals surface area contributed by atoms with Crippen LogP contribution < -0.4 is 10.5 Å². The summed E-state index contributed by atoms with van der Waals surface area (Å²) in [6, 6.07) is 7.88. The zero-order chi connectivity index (χ0) is 11.8. The molecule has 0 amide bonds. The van der Waals surface area contributed by atoms with Crippen molar-refractivity contribution in [2.45, 2.75) is 12.8 Å². The van der Waals surface area contributed by atoms with Crippen molar-refractivity contribution >= 4 is 5.84 Å². The normalized spacial score (nSPS) is 10.1. The molecule has 88 valence electrons.